The average Bonchev–Trinajstić information content (AvgIpc) is 3.27. The normalized spacial score (nSPS) is 24.0. The molecule has 0 unspecified atom stereocenters. The van der Waals surface area contributed by atoms with Crippen molar-refractivity contribution in [2.45, 2.75) is 38.0 Å². The van der Waals surface area contributed by atoms with Gasteiger partial charge in [-0.3, -0.25) is 9.09 Å². The minimum absolute atomic E-state index is 0.357. The van der Waals surface area contributed by atoms with Crippen LogP contribution >= 0.6 is 7.82 Å². The molecule has 4 atom stereocenters. The summed E-state index contributed by atoms with van der Waals surface area (Å²) < 4.78 is 22.3. The Kier molecular flexibility index (Phi) is 6.04. The summed E-state index contributed by atoms with van der Waals surface area (Å²) in [4.78, 5) is 30.5. The van der Waals surface area contributed by atoms with Gasteiger partial charge in [0, 0.05) is 6.54 Å². The number of benzene rings is 1. The van der Waals surface area contributed by atoms with Crippen LogP contribution in [0.2, 0.25) is 0 Å². The molecule has 0 spiro atoms. The lowest BCUT2D eigenvalue weighted by Crippen LogP contribution is -2.33. The lowest BCUT2D eigenvalue weighted by atomic mass is 10.1. The monoisotopic (exact) mass is 451 g/mol. The predicted octanol–water partition coefficient (Wildman–Crippen LogP) is 0.475. The maximum absolute atomic E-state index is 10.9. The number of phosphoric ester groups is 1. The Morgan fingerprint density at radius 3 is 2.71 bits per heavy atom. The largest absolute Gasteiger partial charge is 0.469 e. The number of aliphatic hydroxyl groups excluding tert-OH is 2. The van der Waals surface area contributed by atoms with Crippen LogP contribution in [-0.2, 0) is 20.4 Å². The molecular weight excluding hydrogens is 429 g/mol. The van der Waals surface area contributed by atoms with E-state index in [0.29, 0.717) is 23.5 Å². The minimum Gasteiger partial charge on any atom is -0.387 e. The van der Waals surface area contributed by atoms with Crippen molar-refractivity contribution in [2.24, 2.45) is 0 Å². The molecule has 1 saturated heterocycles. The first-order chi connectivity index (χ1) is 14.7. The fourth-order valence-corrected chi connectivity index (χ4v) is 3.76. The molecule has 1 aliphatic heterocycles. The predicted molar refractivity (Wildman–Crippen MR) is 108 cm³/mol. The van der Waals surface area contributed by atoms with E-state index in [1.807, 2.05) is 31.2 Å². The number of hydrogen-bond acceptors (Lipinski definition) is 9. The minimum atomic E-state index is -4.75. The number of hydrogen-bond donors (Lipinski definition) is 5. The maximum Gasteiger partial charge on any atom is 0.469 e. The number of anilines is 1. The van der Waals surface area contributed by atoms with Crippen molar-refractivity contribution in [3.05, 3.63) is 48.0 Å². The lowest BCUT2D eigenvalue weighted by Gasteiger charge is -2.16. The van der Waals surface area contributed by atoms with Crippen LogP contribution in [0.25, 0.3) is 11.2 Å². The lowest BCUT2D eigenvalue weighted by molar-refractivity contribution is -0.0504. The Labute approximate surface area is 176 Å². The molecule has 4 rings (SSSR count). The summed E-state index contributed by atoms with van der Waals surface area (Å²) in [7, 11) is -4.75. The first kappa shape index (κ1) is 21.8. The number of nitrogens with one attached hydrogen (secondary N) is 1. The van der Waals surface area contributed by atoms with E-state index in [0.717, 1.165) is 11.1 Å². The number of aliphatic hydroxyl groups is 2. The van der Waals surface area contributed by atoms with Crippen LogP contribution in [0, 0.1) is 6.92 Å². The van der Waals surface area contributed by atoms with E-state index in [1.165, 1.54) is 17.2 Å². The molecule has 5 N–H and O–H groups in total. The molecule has 0 amide bonds. The highest BCUT2D eigenvalue weighted by Crippen LogP contribution is 2.39. The SMILES string of the molecule is Cc1ccccc1CNc1ncnc2c1ncn2[C@@H]1O[C@H](COP(=O)(O)O)[C@@H](O)[C@H]1O. The zero-order chi connectivity index (χ0) is 22.2. The fraction of sp³-hybridized carbons (Fsp3) is 0.389. The number of aromatic nitrogens is 4. The molecule has 0 saturated carbocycles. The van der Waals surface area contributed by atoms with Gasteiger partial charge in [-0.1, -0.05) is 24.3 Å². The number of rotatable bonds is 7. The Balaban J connectivity index is 1.55. The molecule has 12 nitrogen and oxygen atoms in total. The molecule has 3 aromatic rings. The maximum atomic E-state index is 10.9. The summed E-state index contributed by atoms with van der Waals surface area (Å²) in [5.74, 6) is 0.487. The van der Waals surface area contributed by atoms with Crippen molar-refractivity contribution >= 4 is 24.8 Å². The van der Waals surface area contributed by atoms with Crippen LogP contribution in [0.4, 0.5) is 5.82 Å². The van der Waals surface area contributed by atoms with Gasteiger partial charge >= 0.3 is 7.82 Å². The Morgan fingerprint density at radius 2 is 1.97 bits per heavy atom. The molecule has 0 aliphatic carbocycles. The van der Waals surface area contributed by atoms with Gasteiger partial charge in [-0.2, -0.15) is 0 Å². The number of aryl methyl sites for hydroxylation is 1. The van der Waals surface area contributed by atoms with Crippen LogP contribution in [0.3, 0.4) is 0 Å². The van der Waals surface area contributed by atoms with Gasteiger partial charge < -0.3 is 30.1 Å². The van der Waals surface area contributed by atoms with Crippen LogP contribution in [-0.4, -0.2) is 64.4 Å². The molecule has 0 bridgehead atoms. The summed E-state index contributed by atoms with van der Waals surface area (Å²) in [6.07, 6.45) is -2.30. The van der Waals surface area contributed by atoms with Crippen molar-refractivity contribution < 1.29 is 33.8 Å². The van der Waals surface area contributed by atoms with E-state index in [-0.39, 0.29) is 0 Å². The third-order valence-corrected chi connectivity index (χ3v) is 5.57. The smallest absolute Gasteiger partial charge is 0.387 e. The summed E-state index contributed by atoms with van der Waals surface area (Å²) in [5, 5.41) is 23.8. The first-order valence-corrected chi connectivity index (χ1v) is 11.0. The van der Waals surface area contributed by atoms with Crippen molar-refractivity contribution in [1.82, 2.24) is 19.5 Å². The van der Waals surface area contributed by atoms with E-state index in [9.17, 15) is 14.8 Å². The average molecular weight is 451 g/mol. The van der Waals surface area contributed by atoms with E-state index in [2.05, 4.69) is 24.8 Å². The number of phosphoric acid groups is 1. The topological polar surface area (TPSA) is 172 Å². The van der Waals surface area contributed by atoms with Gasteiger partial charge in [0.1, 0.15) is 24.6 Å². The van der Waals surface area contributed by atoms with Gasteiger partial charge in [-0.05, 0) is 18.1 Å². The number of fused-ring (bicyclic) bond motifs is 1. The Hall–Kier alpha value is -2.44. The van der Waals surface area contributed by atoms with Crippen LogP contribution in [0.15, 0.2) is 36.9 Å². The number of ether oxygens (including phenoxy) is 1. The van der Waals surface area contributed by atoms with Gasteiger partial charge in [0.2, 0.25) is 0 Å². The van der Waals surface area contributed by atoms with Crippen molar-refractivity contribution in [1.29, 1.82) is 0 Å². The van der Waals surface area contributed by atoms with E-state index < -0.39 is 39.0 Å². The van der Waals surface area contributed by atoms with E-state index in [1.54, 1.807) is 0 Å². The second-order valence-electron chi connectivity index (χ2n) is 7.16. The zero-order valence-electron chi connectivity index (χ0n) is 16.4. The van der Waals surface area contributed by atoms with Gasteiger partial charge in [0.25, 0.3) is 0 Å². The van der Waals surface area contributed by atoms with Crippen molar-refractivity contribution in [3.8, 4) is 0 Å². The number of nitrogens with zero attached hydrogens (tertiary/aromatic N) is 4. The second-order valence-corrected chi connectivity index (χ2v) is 8.40. The number of imidazole rings is 1. The van der Waals surface area contributed by atoms with Gasteiger partial charge in [0.15, 0.2) is 23.2 Å². The molecule has 2 aromatic heterocycles. The van der Waals surface area contributed by atoms with Crippen molar-refractivity contribution in [2.75, 3.05) is 11.9 Å². The van der Waals surface area contributed by atoms with E-state index >= 15 is 0 Å². The molecule has 166 valence electrons. The third-order valence-electron chi connectivity index (χ3n) is 5.08. The first-order valence-electron chi connectivity index (χ1n) is 9.42. The standard InChI is InChI=1S/C18H22N5O7P/c1-10-4-2-3-5-11(10)6-19-16-13-17(21-8-20-16)23(9-22-13)18-15(25)14(24)12(30-18)7-29-31(26,27)28/h2-5,8-9,12,14-15,18,24-25H,6-7H2,1H3,(H,19,20,21)(H2,26,27,28)/t12-,14-,15-,18-/m1/s1. The zero-order valence-corrected chi connectivity index (χ0v) is 17.3. The van der Waals surface area contributed by atoms with Crippen LogP contribution in [0.1, 0.15) is 17.4 Å². The second kappa shape index (κ2) is 8.60. The summed E-state index contributed by atoms with van der Waals surface area (Å²) in [6, 6.07) is 7.93. The van der Waals surface area contributed by atoms with Crippen LogP contribution in [0.5, 0.6) is 0 Å². The molecule has 1 aromatic carbocycles. The molecular formula is C18H22N5O7P. The molecule has 1 aliphatic rings. The fourth-order valence-electron chi connectivity index (χ4n) is 3.42. The van der Waals surface area contributed by atoms with Gasteiger partial charge in [-0.15, -0.1) is 0 Å². The Morgan fingerprint density at radius 1 is 1.19 bits per heavy atom. The van der Waals surface area contributed by atoms with E-state index in [4.69, 9.17) is 14.5 Å². The highest BCUT2D eigenvalue weighted by atomic mass is 31.2. The van der Waals surface area contributed by atoms with Crippen molar-refractivity contribution in [3.63, 3.8) is 0 Å². The molecule has 13 heteroatoms. The van der Waals surface area contributed by atoms with Gasteiger partial charge in [0.05, 0.1) is 12.9 Å². The highest BCUT2D eigenvalue weighted by Gasteiger charge is 2.45. The summed E-state index contributed by atoms with van der Waals surface area (Å²) >= 11 is 0. The molecule has 3 heterocycles. The highest BCUT2D eigenvalue weighted by molar-refractivity contribution is 7.46. The third kappa shape index (κ3) is 4.60. The molecule has 0 radical (unpaired) electrons. The Bertz CT molecular complexity index is 1120. The summed E-state index contributed by atoms with van der Waals surface area (Å²) in [6.45, 7) is 1.94. The van der Waals surface area contributed by atoms with Crippen LogP contribution < -0.4 is 5.32 Å². The summed E-state index contributed by atoms with van der Waals surface area (Å²) in [5.41, 5.74) is 3.02. The molecule has 1 fully saturated rings. The molecule has 31 heavy (non-hydrogen) atoms. The van der Waals surface area contributed by atoms with Gasteiger partial charge in [-0.25, -0.2) is 19.5 Å². The quantitative estimate of drug-likeness (QED) is 0.316.